The zero-order valence-corrected chi connectivity index (χ0v) is 17.4. The van der Waals surface area contributed by atoms with Gasteiger partial charge in [-0.05, 0) is 49.4 Å². The van der Waals surface area contributed by atoms with Crippen LogP contribution >= 0.6 is 0 Å². The number of hydrogen-bond acceptors (Lipinski definition) is 6. The fourth-order valence-corrected chi connectivity index (χ4v) is 3.37. The van der Waals surface area contributed by atoms with Crippen LogP contribution in [0.1, 0.15) is 16.3 Å². The molecule has 0 atom stereocenters. The van der Waals surface area contributed by atoms with Crippen LogP contribution in [0.4, 0.5) is 5.69 Å². The monoisotopic (exact) mass is 425 g/mol. The van der Waals surface area contributed by atoms with Crippen molar-refractivity contribution in [3.8, 4) is 28.3 Å². The minimum absolute atomic E-state index is 0.290. The largest absolute Gasteiger partial charge is 0.497 e. The van der Waals surface area contributed by atoms with Crippen molar-refractivity contribution in [1.82, 2.24) is 30.0 Å². The van der Waals surface area contributed by atoms with Crippen molar-refractivity contribution in [1.29, 1.82) is 0 Å². The van der Waals surface area contributed by atoms with E-state index in [4.69, 9.17) is 4.74 Å². The van der Waals surface area contributed by atoms with Gasteiger partial charge in [-0.25, -0.2) is 0 Å². The summed E-state index contributed by atoms with van der Waals surface area (Å²) in [6.07, 6.45) is 0. The van der Waals surface area contributed by atoms with Crippen LogP contribution in [0.2, 0.25) is 0 Å². The van der Waals surface area contributed by atoms with E-state index in [1.54, 1.807) is 17.7 Å². The number of methoxy groups -OCH3 is 1. The number of aromatic nitrogens is 6. The fourth-order valence-electron chi connectivity index (χ4n) is 3.37. The molecule has 158 valence electrons. The van der Waals surface area contributed by atoms with Crippen molar-refractivity contribution in [3.63, 3.8) is 0 Å². The molecule has 0 fully saturated rings. The van der Waals surface area contributed by atoms with E-state index in [9.17, 15) is 4.79 Å². The average Bonchev–Trinajstić information content (AvgIpc) is 3.47. The molecule has 0 saturated carbocycles. The molecule has 0 aliphatic carbocycles. The predicted molar refractivity (Wildman–Crippen MR) is 119 cm³/mol. The van der Waals surface area contributed by atoms with Crippen LogP contribution in [0, 0.1) is 6.92 Å². The van der Waals surface area contributed by atoms with E-state index in [0.29, 0.717) is 28.5 Å². The molecule has 9 nitrogen and oxygen atoms in total. The summed E-state index contributed by atoms with van der Waals surface area (Å²) < 4.78 is 6.94. The Morgan fingerprint density at radius 1 is 0.969 bits per heavy atom. The summed E-state index contributed by atoms with van der Waals surface area (Å²) in [6.45, 7) is 1.84. The van der Waals surface area contributed by atoms with E-state index in [1.807, 2.05) is 67.6 Å². The van der Waals surface area contributed by atoms with Crippen LogP contribution in [0.15, 0.2) is 66.7 Å². The van der Waals surface area contributed by atoms with Crippen molar-refractivity contribution in [2.24, 2.45) is 0 Å². The first-order chi connectivity index (χ1) is 15.6. The second-order valence-corrected chi connectivity index (χ2v) is 7.17. The van der Waals surface area contributed by atoms with Gasteiger partial charge in [0.25, 0.3) is 5.91 Å². The molecule has 0 spiro atoms. The van der Waals surface area contributed by atoms with Crippen LogP contribution < -0.4 is 10.1 Å². The molecular formula is C23H19N7O2. The lowest BCUT2D eigenvalue weighted by atomic mass is 10.1. The Bertz CT molecular complexity index is 1440. The minimum Gasteiger partial charge on any atom is -0.497 e. The Morgan fingerprint density at radius 3 is 2.62 bits per heavy atom. The highest BCUT2D eigenvalue weighted by molar-refractivity contribution is 6.03. The highest BCUT2D eigenvalue weighted by Gasteiger charge is 2.13. The third-order valence-corrected chi connectivity index (χ3v) is 5.02. The molecule has 0 aliphatic rings. The van der Waals surface area contributed by atoms with Crippen LogP contribution in [0.3, 0.4) is 0 Å². The first-order valence-corrected chi connectivity index (χ1v) is 9.91. The molecule has 0 unspecified atom stereocenters. The van der Waals surface area contributed by atoms with E-state index in [2.05, 4.69) is 30.8 Å². The molecule has 1 amide bonds. The lowest BCUT2D eigenvalue weighted by Gasteiger charge is -2.07. The summed E-state index contributed by atoms with van der Waals surface area (Å²) in [4.78, 5) is 12.8. The second-order valence-electron chi connectivity index (χ2n) is 7.17. The van der Waals surface area contributed by atoms with E-state index in [-0.39, 0.29) is 5.91 Å². The number of hydrogen-bond donors (Lipinski definition) is 2. The van der Waals surface area contributed by atoms with Gasteiger partial charge in [0.15, 0.2) is 11.5 Å². The van der Waals surface area contributed by atoms with Crippen molar-refractivity contribution < 1.29 is 9.53 Å². The summed E-state index contributed by atoms with van der Waals surface area (Å²) in [7, 11) is 1.61. The Morgan fingerprint density at radius 2 is 1.78 bits per heavy atom. The summed E-state index contributed by atoms with van der Waals surface area (Å²) in [5.74, 6) is 1.14. The highest BCUT2D eigenvalue weighted by atomic mass is 16.5. The third kappa shape index (κ3) is 3.67. The predicted octanol–water partition coefficient (Wildman–Crippen LogP) is 3.75. The summed E-state index contributed by atoms with van der Waals surface area (Å²) in [6, 6.07) is 20.4. The van der Waals surface area contributed by atoms with Gasteiger partial charge in [-0.3, -0.25) is 9.89 Å². The van der Waals surface area contributed by atoms with E-state index in [0.717, 1.165) is 22.6 Å². The van der Waals surface area contributed by atoms with Crippen molar-refractivity contribution in [2.45, 2.75) is 6.92 Å². The molecule has 3 aromatic heterocycles. The lowest BCUT2D eigenvalue weighted by Crippen LogP contribution is -2.12. The van der Waals surface area contributed by atoms with Gasteiger partial charge in [0.2, 0.25) is 0 Å². The van der Waals surface area contributed by atoms with Gasteiger partial charge >= 0.3 is 0 Å². The quantitative estimate of drug-likeness (QED) is 0.444. The molecule has 3 heterocycles. The van der Waals surface area contributed by atoms with Gasteiger partial charge in [-0.15, -0.1) is 10.2 Å². The van der Waals surface area contributed by atoms with Crippen molar-refractivity contribution in [3.05, 3.63) is 78.2 Å². The number of nitrogens with one attached hydrogen (secondary N) is 2. The Labute approximate surface area is 183 Å². The number of anilines is 1. The first kappa shape index (κ1) is 19.4. The maximum atomic E-state index is 12.8. The highest BCUT2D eigenvalue weighted by Crippen LogP contribution is 2.24. The first-order valence-electron chi connectivity index (χ1n) is 9.91. The Kier molecular flexibility index (Phi) is 4.83. The molecule has 0 bridgehead atoms. The summed E-state index contributed by atoms with van der Waals surface area (Å²) in [5, 5.41) is 22.6. The smallest absolute Gasteiger partial charge is 0.273 e. The van der Waals surface area contributed by atoms with Gasteiger partial charge in [0.1, 0.15) is 11.4 Å². The van der Waals surface area contributed by atoms with Crippen LogP contribution in [-0.2, 0) is 0 Å². The van der Waals surface area contributed by atoms with Crippen LogP contribution in [0.25, 0.3) is 28.2 Å². The van der Waals surface area contributed by atoms with Crippen LogP contribution in [0.5, 0.6) is 5.75 Å². The number of nitrogens with zero attached hydrogens (tertiary/aromatic N) is 5. The average molecular weight is 425 g/mol. The molecule has 0 saturated heterocycles. The second kappa shape index (κ2) is 7.95. The molecule has 2 N–H and O–H groups in total. The molecule has 5 rings (SSSR count). The molecule has 5 aromatic rings. The van der Waals surface area contributed by atoms with E-state index >= 15 is 0 Å². The number of carbonyl (C=O) groups is 1. The number of rotatable bonds is 5. The van der Waals surface area contributed by atoms with Gasteiger partial charge < -0.3 is 10.1 Å². The Balaban J connectivity index is 1.37. The zero-order chi connectivity index (χ0) is 22.1. The summed E-state index contributed by atoms with van der Waals surface area (Å²) in [5.41, 5.74) is 4.80. The molecule has 0 radical (unpaired) electrons. The number of aryl methyl sites for hydroxylation is 1. The standard InChI is InChI=1S/C23H19N7O2/c1-14-25-28-22-10-9-19(29-30(14)22)15-5-3-7-17(11-15)24-23(31)21-13-20(26-27-21)16-6-4-8-18(12-16)32-2/h3-13H,1-2H3,(H,24,31)(H,26,27). The van der Waals surface area contributed by atoms with E-state index < -0.39 is 0 Å². The normalized spacial score (nSPS) is 10.9. The van der Waals surface area contributed by atoms with Gasteiger partial charge in [-0.2, -0.15) is 14.7 Å². The number of benzene rings is 2. The van der Waals surface area contributed by atoms with Gasteiger partial charge in [0, 0.05) is 16.8 Å². The SMILES string of the molecule is COc1cccc(-c2cc(C(=O)Nc3cccc(-c4ccc5nnc(C)n5n4)c3)[nH]n2)c1. The number of carbonyl (C=O) groups excluding carboxylic acids is 1. The molecule has 9 heteroatoms. The maximum absolute atomic E-state index is 12.8. The van der Waals surface area contributed by atoms with Crippen molar-refractivity contribution in [2.75, 3.05) is 12.4 Å². The van der Waals surface area contributed by atoms with Gasteiger partial charge in [-0.1, -0.05) is 24.3 Å². The van der Waals surface area contributed by atoms with Gasteiger partial charge in [0.05, 0.1) is 18.5 Å². The molecular weight excluding hydrogens is 406 g/mol. The van der Waals surface area contributed by atoms with E-state index in [1.165, 1.54) is 0 Å². The molecule has 2 aromatic carbocycles. The minimum atomic E-state index is -0.290. The fraction of sp³-hybridized carbons (Fsp3) is 0.0870. The molecule has 32 heavy (non-hydrogen) atoms. The Hall–Kier alpha value is -4.53. The number of aromatic amines is 1. The number of ether oxygens (including phenoxy) is 1. The zero-order valence-electron chi connectivity index (χ0n) is 17.4. The summed E-state index contributed by atoms with van der Waals surface area (Å²) >= 11 is 0. The lowest BCUT2D eigenvalue weighted by molar-refractivity contribution is 0.102. The number of fused-ring (bicyclic) bond motifs is 1. The number of H-pyrrole nitrogens is 1. The maximum Gasteiger partial charge on any atom is 0.273 e. The number of amides is 1. The topological polar surface area (TPSA) is 110 Å². The van der Waals surface area contributed by atoms with Crippen LogP contribution in [-0.4, -0.2) is 43.0 Å². The third-order valence-electron chi connectivity index (χ3n) is 5.02. The van der Waals surface area contributed by atoms with Crippen molar-refractivity contribution >= 4 is 17.2 Å². The molecule has 0 aliphatic heterocycles.